The van der Waals surface area contributed by atoms with E-state index in [9.17, 15) is 14.4 Å². The van der Waals surface area contributed by atoms with Crippen LogP contribution < -0.4 is 10.2 Å². The van der Waals surface area contributed by atoms with Crippen LogP contribution >= 0.6 is 0 Å². The Morgan fingerprint density at radius 2 is 1.68 bits per heavy atom. The summed E-state index contributed by atoms with van der Waals surface area (Å²) in [6.07, 6.45) is 0. The Hall–Kier alpha value is -4.34. The minimum absolute atomic E-state index is 0.0391. The Balaban J connectivity index is 1.40. The maximum atomic E-state index is 13.3. The van der Waals surface area contributed by atoms with Gasteiger partial charge in [-0.05, 0) is 61.5 Å². The molecule has 41 heavy (non-hydrogen) atoms. The average Bonchev–Trinajstić information content (AvgIpc) is 3.32. The number of hydrogen-bond donors (Lipinski definition) is 1. The van der Waals surface area contributed by atoms with Gasteiger partial charge in [0.25, 0.3) is 0 Å². The summed E-state index contributed by atoms with van der Waals surface area (Å²) in [5.74, 6) is -1.26. The SMILES string of the molecule is CCOC(=O)c1ccc2c(c1)NC(=O)C2C(=Nc1ccc(N(C)C(=O)CN2CCN(C)CC2)cc1)c1ccccc1. The first-order chi connectivity index (χ1) is 19.8. The first-order valence-electron chi connectivity index (χ1n) is 13.9. The fourth-order valence-electron chi connectivity index (χ4n) is 5.12. The summed E-state index contributed by atoms with van der Waals surface area (Å²) in [6.45, 7) is 6.10. The summed E-state index contributed by atoms with van der Waals surface area (Å²) >= 11 is 0. The number of carbonyl (C=O) groups is 3. The minimum atomic E-state index is -0.656. The van der Waals surface area contributed by atoms with Crippen molar-refractivity contribution in [2.75, 3.05) is 63.6 Å². The van der Waals surface area contributed by atoms with Crippen LogP contribution in [0.4, 0.5) is 17.1 Å². The Labute approximate surface area is 240 Å². The standard InChI is InChI=1S/C32H35N5O4/c1-4-41-32(40)23-10-15-26-27(20-23)34-31(39)29(26)30(22-8-6-5-7-9-22)33-24-11-13-25(14-12-24)36(3)28(38)21-37-18-16-35(2)17-19-37/h5-15,20,29H,4,16-19,21H2,1-3H3,(H,34,39). The molecule has 2 amide bonds. The summed E-state index contributed by atoms with van der Waals surface area (Å²) in [7, 11) is 3.88. The van der Waals surface area contributed by atoms with Gasteiger partial charge in [-0.1, -0.05) is 36.4 Å². The molecular weight excluding hydrogens is 518 g/mol. The highest BCUT2D eigenvalue weighted by atomic mass is 16.5. The summed E-state index contributed by atoms with van der Waals surface area (Å²) < 4.78 is 5.12. The van der Waals surface area contributed by atoms with Crippen LogP contribution in [0.15, 0.2) is 77.8 Å². The molecule has 5 rings (SSSR count). The van der Waals surface area contributed by atoms with Crippen molar-refractivity contribution in [3.63, 3.8) is 0 Å². The number of ether oxygens (including phenoxy) is 1. The van der Waals surface area contributed by atoms with Crippen molar-refractivity contribution < 1.29 is 19.1 Å². The molecule has 0 aliphatic carbocycles. The molecule has 1 fully saturated rings. The molecule has 0 spiro atoms. The summed E-state index contributed by atoms with van der Waals surface area (Å²) in [5.41, 5.74) is 4.56. The van der Waals surface area contributed by atoms with Gasteiger partial charge >= 0.3 is 5.97 Å². The van der Waals surface area contributed by atoms with E-state index in [0.717, 1.165) is 43.0 Å². The largest absolute Gasteiger partial charge is 0.462 e. The second-order valence-corrected chi connectivity index (χ2v) is 10.4. The van der Waals surface area contributed by atoms with Gasteiger partial charge in [0.15, 0.2) is 0 Å². The molecule has 2 heterocycles. The summed E-state index contributed by atoms with van der Waals surface area (Å²) in [5, 5.41) is 2.91. The molecule has 1 saturated heterocycles. The number of anilines is 2. The molecule has 0 radical (unpaired) electrons. The van der Waals surface area contributed by atoms with E-state index >= 15 is 0 Å². The number of aliphatic imine (C=N–C) groups is 1. The number of esters is 1. The maximum absolute atomic E-state index is 13.3. The molecule has 0 aromatic heterocycles. The number of benzene rings is 3. The molecule has 9 heteroatoms. The fraction of sp³-hybridized carbons (Fsp3) is 0.312. The molecule has 1 unspecified atom stereocenters. The van der Waals surface area contributed by atoms with Crippen LogP contribution in [0, 0.1) is 0 Å². The van der Waals surface area contributed by atoms with Gasteiger partial charge in [0.2, 0.25) is 11.8 Å². The van der Waals surface area contributed by atoms with Crippen LogP contribution in [-0.2, 0) is 14.3 Å². The van der Waals surface area contributed by atoms with Crippen LogP contribution in [0.1, 0.15) is 34.3 Å². The highest BCUT2D eigenvalue weighted by Gasteiger charge is 2.36. The number of piperazine rings is 1. The monoisotopic (exact) mass is 553 g/mol. The van der Waals surface area contributed by atoms with Crippen molar-refractivity contribution in [3.8, 4) is 0 Å². The van der Waals surface area contributed by atoms with E-state index in [1.165, 1.54) is 0 Å². The van der Waals surface area contributed by atoms with Gasteiger partial charge in [-0.2, -0.15) is 0 Å². The van der Waals surface area contributed by atoms with Crippen LogP contribution in [0.5, 0.6) is 0 Å². The van der Waals surface area contributed by atoms with E-state index in [1.807, 2.05) is 54.6 Å². The van der Waals surface area contributed by atoms with Crippen molar-refractivity contribution in [1.82, 2.24) is 9.80 Å². The molecule has 0 saturated carbocycles. The fourth-order valence-corrected chi connectivity index (χ4v) is 5.12. The first kappa shape index (κ1) is 28.2. The smallest absolute Gasteiger partial charge is 0.338 e. The van der Waals surface area contributed by atoms with Gasteiger partial charge in [-0.3, -0.25) is 19.5 Å². The molecule has 1 atom stereocenters. The van der Waals surface area contributed by atoms with Gasteiger partial charge in [0.05, 0.1) is 30.1 Å². The molecule has 2 aliphatic heterocycles. The molecule has 3 aromatic rings. The second-order valence-electron chi connectivity index (χ2n) is 10.4. The van der Waals surface area contributed by atoms with Gasteiger partial charge in [0, 0.05) is 44.6 Å². The zero-order chi connectivity index (χ0) is 28.9. The first-order valence-corrected chi connectivity index (χ1v) is 13.9. The third kappa shape index (κ3) is 6.37. The highest BCUT2D eigenvalue weighted by Crippen LogP contribution is 2.37. The zero-order valence-corrected chi connectivity index (χ0v) is 23.7. The van der Waals surface area contributed by atoms with Crippen LogP contribution in [0.2, 0.25) is 0 Å². The number of likely N-dealkylation sites (N-methyl/N-ethyl adjacent to an activating group) is 2. The maximum Gasteiger partial charge on any atom is 0.338 e. The lowest BCUT2D eigenvalue weighted by Crippen LogP contribution is -2.48. The van der Waals surface area contributed by atoms with Crippen molar-refractivity contribution >= 4 is 40.6 Å². The lowest BCUT2D eigenvalue weighted by atomic mass is 9.90. The van der Waals surface area contributed by atoms with Crippen molar-refractivity contribution in [1.29, 1.82) is 0 Å². The van der Waals surface area contributed by atoms with Crippen molar-refractivity contribution in [3.05, 3.63) is 89.5 Å². The van der Waals surface area contributed by atoms with Crippen molar-refractivity contribution in [2.45, 2.75) is 12.8 Å². The van der Waals surface area contributed by atoms with Gasteiger partial charge < -0.3 is 19.9 Å². The van der Waals surface area contributed by atoms with Gasteiger partial charge in [0.1, 0.15) is 5.92 Å². The second kappa shape index (κ2) is 12.4. The van der Waals surface area contributed by atoms with E-state index in [0.29, 0.717) is 29.2 Å². The third-order valence-corrected chi connectivity index (χ3v) is 7.55. The van der Waals surface area contributed by atoms with E-state index in [-0.39, 0.29) is 18.4 Å². The quantitative estimate of drug-likeness (QED) is 0.336. The van der Waals surface area contributed by atoms with Gasteiger partial charge in [-0.25, -0.2) is 4.79 Å². The normalized spacial score (nSPS) is 17.6. The number of rotatable bonds is 8. The van der Waals surface area contributed by atoms with Gasteiger partial charge in [-0.15, -0.1) is 0 Å². The van der Waals surface area contributed by atoms with Crippen LogP contribution in [0.3, 0.4) is 0 Å². The average molecular weight is 554 g/mol. The lowest BCUT2D eigenvalue weighted by Gasteiger charge is -2.32. The van der Waals surface area contributed by atoms with E-state index in [4.69, 9.17) is 9.73 Å². The number of carbonyl (C=O) groups excluding carboxylic acids is 3. The molecule has 2 aliphatic rings. The van der Waals surface area contributed by atoms with E-state index < -0.39 is 11.9 Å². The molecule has 212 valence electrons. The molecule has 9 nitrogen and oxygen atoms in total. The number of nitrogens with one attached hydrogen (secondary N) is 1. The predicted molar refractivity (Wildman–Crippen MR) is 160 cm³/mol. The summed E-state index contributed by atoms with van der Waals surface area (Å²) in [6, 6.07) is 22.2. The lowest BCUT2D eigenvalue weighted by molar-refractivity contribution is -0.120. The molecule has 3 aromatic carbocycles. The van der Waals surface area contributed by atoms with Crippen LogP contribution in [0.25, 0.3) is 0 Å². The number of nitrogens with zero attached hydrogens (tertiary/aromatic N) is 4. The minimum Gasteiger partial charge on any atom is -0.462 e. The number of fused-ring (bicyclic) bond motifs is 1. The third-order valence-electron chi connectivity index (χ3n) is 7.55. The molecule has 0 bridgehead atoms. The highest BCUT2D eigenvalue weighted by molar-refractivity contribution is 6.24. The topological polar surface area (TPSA) is 94.5 Å². The Kier molecular flexibility index (Phi) is 8.56. The number of amides is 2. The van der Waals surface area contributed by atoms with Crippen molar-refractivity contribution in [2.24, 2.45) is 4.99 Å². The van der Waals surface area contributed by atoms with E-state index in [1.54, 1.807) is 37.1 Å². The Morgan fingerprint density at radius 1 is 0.976 bits per heavy atom. The zero-order valence-electron chi connectivity index (χ0n) is 23.7. The number of hydrogen-bond acceptors (Lipinski definition) is 7. The van der Waals surface area contributed by atoms with Crippen LogP contribution in [-0.4, -0.2) is 86.7 Å². The Morgan fingerprint density at radius 3 is 2.37 bits per heavy atom. The molecular formula is C32H35N5O4. The molecule has 1 N–H and O–H groups in total. The Bertz CT molecular complexity index is 1450. The predicted octanol–water partition coefficient (Wildman–Crippen LogP) is 3.93. The van der Waals surface area contributed by atoms with E-state index in [2.05, 4.69) is 22.2 Å². The summed E-state index contributed by atoms with van der Waals surface area (Å²) in [4.78, 5) is 49.5.